The van der Waals surface area contributed by atoms with E-state index in [1.807, 2.05) is 66.7 Å². The molecule has 0 fully saturated rings. The maximum atomic E-state index is 13.5. The van der Waals surface area contributed by atoms with Crippen molar-refractivity contribution in [3.05, 3.63) is 118 Å². The number of amides is 4. The van der Waals surface area contributed by atoms with Crippen molar-refractivity contribution in [3.63, 3.8) is 0 Å². The largest absolute Gasteiger partial charge is 0.344 e. The quantitative estimate of drug-likeness (QED) is 0.536. The summed E-state index contributed by atoms with van der Waals surface area (Å²) < 4.78 is 0. The SMILES string of the molecule is CN1C(=O)N[C@H](c2ccccc2Cl)C2=C1CN(CC(=O)NC(c1ccccc1)c1ccccc1)C2=O. The average Bonchev–Trinajstić information content (AvgIpc) is 3.22. The highest BCUT2D eigenvalue weighted by Gasteiger charge is 2.43. The highest BCUT2D eigenvalue weighted by Crippen LogP contribution is 2.37. The second-order valence-corrected chi connectivity index (χ2v) is 9.21. The minimum atomic E-state index is -0.681. The molecular weight excluding hydrogens is 476 g/mol. The minimum absolute atomic E-state index is 0.140. The molecule has 0 saturated carbocycles. The van der Waals surface area contributed by atoms with Crippen LogP contribution in [0.1, 0.15) is 28.8 Å². The van der Waals surface area contributed by atoms with Gasteiger partial charge in [0.2, 0.25) is 5.91 Å². The van der Waals surface area contributed by atoms with Crippen LogP contribution in [0.25, 0.3) is 0 Å². The molecule has 3 aromatic carbocycles. The number of likely N-dealkylation sites (N-methyl/N-ethyl adjacent to an activating group) is 1. The summed E-state index contributed by atoms with van der Waals surface area (Å²) in [5, 5.41) is 6.41. The smallest absolute Gasteiger partial charge is 0.322 e. The summed E-state index contributed by atoms with van der Waals surface area (Å²) in [5.74, 6) is -0.593. The third kappa shape index (κ3) is 4.45. The molecule has 4 amide bonds. The summed E-state index contributed by atoms with van der Waals surface area (Å²) in [6.07, 6.45) is 0. The molecule has 2 aliphatic rings. The molecule has 36 heavy (non-hydrogen) atoms. The summed E-state index contributed by atoms with van der Waals surface area (Å²) in [5.41, 5.74) is 3.52. The minimum Gasteiger partial charge on any atom is -0.344 e. The van der Waals surface area contributed by atoms with Gasteiger partial charge in [0.05, 0.1) is 29.9 Å². The molecule has 1 atom stereocenters. The second kappa shape index (κ2) is 9.87. The van der Waals surface area contributed by atoms with Crippen LogP contribution in [0.3, 0.4) is 0 Å². The molecule has 182 valence electrons. The van der Waals surface area contributed by atoms with E-state index < -0.39 is 6.04 Å². The van der Waals surface area contributed by atoms with Crippen molar-refractivity contribution >= 4 is 29.4 Å². The van der Waals surface area contributed by atoms with Crippen LogP contribution in [0.2, 0.25) is 5.02 Å². The Balaban J connectivity index is 1.37. The molecule has 8 heteroatoms. The van der Waals surface area contributed by atoms with E-state index in [4.69, 9.17) is 11.6 Å². The van der Waals surface area contributed by atoms with Gasteiger partial charge in [-0.15, -0.1) is 0 Å². The zero-order valence-electron chi connectivity index (χ0n) is 19.6. The number of nitrogens with one attached hydrogen (secondary N) is 2. The monoisotopic (exact) mass is 500 g/mol. The Morgan fingerprint density at radius 1 is 0.972 bits per heavy atom. The molecule has 0 aliphatic carbocycles. The third-order valence-electron chi connectivity index (χ3n) is 6.56. The zero-order valence-corrected chi connectivity index (χ0v) is 20.4. The van der Waals surface area contributed by atoms with Crippen LogP contribution < -0.4 is 10.6 Å². The Labute approximate surface area is 214 Å². The summed E-state index contributed by atoms with van der Waals surface area (Å²) in [4.78, 5) is 42.3. The van der Waals surface area contributed by atoms with Gasteiger partial charge in [-0.05, 0) is 22.8 Å². The van der Waals surface area contributed by atoms with Gasteiger partial charge in [-0.25, -0.2) is 4.79 Å². The van der Waals surface area contributed by atoms with Crippen LogP contribution in [-0.4, -0.2) is 47.8 Å². The zero-order chi connectivity index (χ0) is 25.2. The Morgan fingerprint density at radius 2 is 1.56 bits per heavy atom. The molecule has 0 saturated heterocycles. The van der Waals surface area contributed by atoms with Crippen molar-refractivity contribution in [2.24, 2.45) is 0 Å². The molecule has 2 aliphatic heterocycles. The summed E-state index contributed by atoms with van der Waals surface area (Å²) in [7, 11) is 1.62. The lowest BCUT2D eigenvalue weighted by Crippen LogP contribution is -2.45. The number of urea groups is 1. The predicted octanol–water partition coefficient (Wildman–Crippen LogP) is 4.04. The van der Waals surface area contributed by atoms with Crippen molar-refractivity contribution in [1.82, 2.24) is 20.4 Å². The lowest BCUT2D eigenvalue weighted by Gasteiger charge is -2.31. The maximum Gasteiger partial charge on any atom is 0.322 e. The highest BCUT2D eigenvalue weighted by atomic mass is 35.5. The average molecular weight is 501 g/mol. The molecule has 3 aromatic rings. The van der Waals surface area contributed by atoms with Crippen molar-refractivity contribution < 1.29 is 14.4 Å². The van der Waals surface area contributed by atoms with Gasteiger partial charge in [0.15, 0.2) is 0 Å². The van der Waals surface area contributed by atoms with E-state index in [-0.39, 0.29) is 37.0 Å². The van der Waals surface area contributed by atoms with Crippen LogP contribution in [0.5, 0.6) is 0 Å². The molecule has 5 rings (SSSR count). The molecule has 0 unspecified atom stereocenters. The van der Waals surface area contributed by atoms with Crippen LogP contribution in [0.4, 0.5) is 4.79 Å². The second-order valence-electron chi connectivity index (χ2n) is 8.81. The molecule has 0 radical (unpaired) electrons. The number of nitrogens with zero attached hydrogens (tertiary/aromatic N) is 2. The van der Waals surface area contributed by atoms with Crippen LogP contribution in [0, 0.1) is 0 Å². The predicted molar refractivity (Wildman–Crippen MR) is 137 cm³/mol. The highest BCUT2D eigenvalue weighted by molar-refractivity contribution is 6.31. The Hall–Kier alpha value is -4.10. The van der Waals surface area contributed by atoms with Gasteiger partial charge in [0, 0.05) is 12.1 Å². The third-order valence-corrected chi connectivity index (χ3v) is 6.90. The van der Waals surface area contributed by atoms with Gasteiger partial charge >= 0.3 is 6.03 Å². The van der Waals surface area contributed by atoms with Crippen molar-refractivity contribution in [1.29, 1.82) is 0 Å². The van der Waals surface area contributed by atoms with Crippen LogP contribution in [-0.2, 0) is 9.59 Å². The summed E-state index contributed by atoms with van der Waals surface area (Å²) >= 11 is 6.40. The fraction of sp³-hybridized carbons (Fsp3) is 0.179. The van der Waals surface area contributed by atoms with Crippen molar-refractivity contribution in [2.75, 3.05) is 20.1 Å². The summed E-state index contributed by atoms with van der Waals surface area (Å²) in [6.45, 7) is 0.0209. The molecule has 0 bridgehead atoms. The Kier molecular flexibility index (Phi) is 6.48. The number of benzene rings is 3. The number of carbonyl (C=O) groups is 3. The van der Waals surface area contributed by atoms with Gasteiger partial charge in [0.1, 0.15) is 6.54 Å². The topological polar surface area (TPSA) is 81.8 Å². The van der Waals surface area contributed by atoms with Gasteiger partial charge in [0.25, 0.3) is 5.91 Å². The fourth-order valence-corrected chi connectivity index (χ4v) is 4.97. The Bertz CT molecular complexity index is 1300. The first-order valence-electron chi connectivity index (χ1n) is 11.6. The molecule has 2 heterocycles. The van der Waals surface area contributed by atoms with E-state index in [1.54, 1.807) is 25.2 Å². The standard InChI is InChI=1S/C28H25ClN4O3/c1-32-22-16-33(27(35)24(22)26(31-28(32)36)20-14-8-9-15-21(20)29)17-23(34)30-25(18-10-4-2-5-11-18)19-12-6-3-7-13-19/h2-15,25-26H,16-17H2,1H3,(H,30,34)(H,31,36)/t26-/m1/s1. The van der Waals surface area contributed by atoms with Crippen LogP contribution in [0.15, 0.2) is 96.2 Å². The fourth-order valence-electron chi connectivity index (χ4n) is 4.72. The van der Waals surface area contributed by atoms with Gasteiger partial charge < -0.3 is 15.5 Å². The van der Waals surface area contributed by atoms with E-state index in [1.165, 1.54) is 9.80 Å². The first-order chi connectivity index (χ1) is 17.4. The van der Waals surface area contributed by atoms with Crippen molar-refractivity contribution in [2.45, 2.75) is 12.1 Å². The van der Waals surface area contributed by atoms with Crippen LogP contribution >= 0.6 is 11.6 Å². The molecule has 2 N–H and O–H groups in total. The van der Waals surface area contributed by atoms with E-state index in [0.717, 1.165) is 11.1 Å². The normalized spacial score (nSPS) is 17.4. The van der Waals surface area contributed by atoms with Gasteiger partial charge in [-0.3, -0.25) is 14.5 Å². The number of halogens is 1. The maximum absolute atomic E-state index is 13.5. The lowest BCUT2D eigenvalue weighted by molar-refractivity contribution is -0.132. The molecular formula is C28H25ClN4O3. The number of hydrogen-bond acceptors (Lipinski definition) is 3. The first kappa shape index (κ1) is 23.6. The van der Waals surface area contributed by atoms with E-state index in [9.17, 15) is 14.4 Å². The number of hydrogen-bond donors (Lipinski definition) is 2. The van der Waals surface area contributed by atoms with E-state index >= 15 is 0 Å². The lowest BCUT2D eigenvalue weighted by atomic mass is 9.95. The number of rotatable bonds is 6. The van der Waals surface area contributed by atoms with Gasteiger partial charge in [-0.2, -0.15) is 0 Å². The van der Waals surface area contributed by atoms with E-state index in [0.29, 0.717) is 21.9 Å². The first-order valence-corrected chi connectivity index (χ1v) is 12.0. The molecule has 7 nitrogen and oxygen atoms in total. The summed E-state index contributed by atoms with van der Waals surface area (Å²) in [6, 6.07) is 25.1. The van der Waals surface area contributed by atoms with Gasteiger partial charge in [-0.1, -0.05) is 90.5 Å². The Morgan fingerprint density at radius 3 is 2.17 bits per heavy atom. The van der Waals surface area contributed by atoms with E-state index in [2.05, 4.69) is 10.6 Å². The molecule has 0 aromatic heterocycles. The number of carbonyl (C=O) groups excluding carboxylic acids is 3. The molecule has 0 spiro atoms. The van der Waals surface area contributed by atoms with Crippen molar-refractivity contribution in [3.8, 4) is 0 Å².